The van der Waals surface area contributed by atoms with Crippen LogP contribution in [0.4, 0.5) is 13.2 Å². The summed E-state index contributed by atoms with van der Waals surface area (Å²) in [6, 6.07) is 11.3. The number of alkyl halides is 3. The van der Waals surface area contributed by atoms with Gasteiger partial charge in [-0.1, -0.05) is 17.7 Å². The summed E-state index contributed by atoms with van der Waals surface area (Å²) in [7, 11) is 0. The van der Waals surface area contributed by atoms with Gasteiger partial charge in [0.15, 0.2) is 12.3 Å². The van der Waals surface area contributed by atoms with E-state index >= 15 is 0 Å². The second-order valence-corrected chi connectivity index (χ2v) is 7.18. The molecule has 4 aromatic rings. The molecular weight excluding hydrogens is 425 g/mol. The number of aromatic nitrogens is 3. The van der Waals surface area contributed by atoms with Crippen LogP contribution in [-0.2, 0) is 17.5 Å². The minimum Gasteiger partial charge on any atom is -0.467 e. The molecule has 1 amide bonds. The van der Waals surface area contributed by atoms with Gasteiger partial charge in [-0.15, -0.1) is 0 Å². The predicted octanol–water partition coefficient (Wildman–Crippen LogP) is 4.34. The molecule has 3 aromatic heterocycles. The van der Waals surface area contributed by atoms with E-state index in [2.05, 4.69) is 15.4 Å². The third kappa shape index (κ3) is 4.43. The smallest absolute Gasteiger partial charge is 0.417 e. The van der Waals surface area contributed by atoms with Crippen molar-refractivity contribution in [3.8, 4) is 11.6 Å². The van der Waals surface area contributed by atoms with Crippen molar-refractivity contribution in [3.63, 3.8) is 0 Å². The van der Waals surface area contributed by atoms with E-state index in [0.29, 0.717) is 11.4 Å². The highest BCUT2D eigenvalue weighted by molar-refractivity contribution is 5.85. The molecule has 3 heterocycles. The number of aryl methyl sites for hydroxylation is 2. The third-order valence-corrected chi connectivity index (χ3v) is 4.76. The van der Waals surface area contributed by atoms with E-state index in [0.717, 1.165) is 11.6 Å². The Labute approximate surface area is 180 Å². The van der Waals surface area contributed by atoms with Gasteiger partial charge in [0, 0.05) is 6.07 Å². The van der Waals surface area contributed by atoms with Gasteiger partial charge in [-0.05, 0) is 38.1 Å². The molecule has 0 aliphatic heterocycles. The van der Waals surface area contributed by atoms with Crippen LogP contribution in [0.5, 0.6) is 5.88 Å². The number of ether oxygens (including phenoxy) is 1. The molecule has 10 heteroatoms. The summed E-state index contributed by atoms with van der Waals surface area (Å²) in [6.07, 6.45) is -3.19. The summed E-state index contributed by atoms with van der Waals surface area (Å²) in [5.74, 6) is -0.318. The number of amides is 1. The van der Waals surface area contributed by atoms with Crippen molar-refractivity contribution in [1.82, 2.24) is 20.1 Å². The lowest BCUT2D eigenvalue weighted by Crippen LogP contribution is -2.28. The van der Waals surface area contributed by atoms with Crippen LogP contribution in [0.25, 0.3) is 16.7 Å². The summed E-state index contributed by atoms with van der Waals surface area (Å²) >= 11 is 0. The molecule has 0 saturated carbocycles. The first-order valence-electron chi connectivity index (χ1n) is 9.69. The maximum atomic E-state index is 13.8. The van der Waals surface area contributed by atoms with E-state index in [1.165, 1.54) is 17.9 Å². The summed E-state index contributed by atoms with van der Waals surface area (Å²) in [6.45, 7) is 3.02. The molecule has 0 atom stereocenters. The van der Waals surface area contributed by atoms with Gasteiger partial charge in [0.2, 0.25) is 5.88 Å². The largest absolute Gasteiger partial charge is 0.467 e. The number of fused-ring (bicyclic) bond motifs is 1. The summed E-state index contributed by atoms with van der Waals surface area (Å²) < 4.78 is 53.2. The van der Waals surface area contributed by atoms with E-state index in [-0.39, 0.29) is 29.2 Å². The molecule has 1 aromatic carbocycles. The lowest BCUT2D eigenvalue weighted by molar-refractivity contribution is -0.136. The Kier molecular flexibility index (Phi) is 5.60. The summed E-state index contributed by atoms with van der Waals surface area (Å²) in [5, 5.41) is 6.71. The Hall–Kier alpha value is -3.82. The summed E-state index contributed by atoms with van der Waals surface area (Å²) in [4.78, 5) is 16.3. The van der Waals surface area contributed by atoms with Crippen LogP contribution < -0.4 is 10.1 Å². The average molecular weight is 444 g/mol. The standard InChI is InChI=1S/C22H19F3N4O3/c1-13-5-7-15(8-6-13)29-21-20(14(2)28-29)17(22(23,24)25)10-19(27-21)32-12-18(30)26-11-16-4-3-9-31-16/h3-10H,11-12H2,1-2H3,(H,26,30). The number of carbonyl (C=O) groups is 1. The number of halogens is 3. The second kappa shape index (κ2) is 8.37. The van der Waals surface area contributed by atoms with Crippen LogP contribution in [0.1, 0.15) is 22.6 Å². The van der Waals surface area contributed by atoms with Gasteiger partial charge in [0.05, 0.1) is 35.1 Å². The van der Waals surface area contributed by atoms with Crippen molar-refractivity contribution < 1.29 is 27.1 Å². The Bertz CT molecular complexity index is 1250. The molecule has 0 fully saturated rings. The monoisotopic (exact) mass is 444 g/mol. The van der Waals surface area contributed by atoms with Gasteiger partial charge < -0.3 is 14.5 Å². The first-order valence-corrected chi connectivity index (χ1v) is 9.69. The van der Waals surface area contributed by atoms with Crippen molar-refractivity contribution in [1.29, 1.82) is 0 Å². The number of hydrogen-bond acceptors (Lipinski definition) is 5. The number of pyridine rings is 1. The van der Waals surface area contributed by atoms with Crippen molar-refractivity contribution in [3.05, 3.63) is 71.3 Å². The normalized spacial score (nSPS) is 11.7. The molecule has 0 aliphatic carbocycles. The minimum absolute atomic E-state index is 0.00725. The van der Waals surface area contributed by atoms with E-state index in [1.54, 1.807) is 24.3 Å². The first-order chi connectivity index (χ1) is 15.2. The topological polar surface area (TPSA) is 82.2 Å². The van der Waals surface area contributed by atoms with E-state index in [4.69, 9.17) is 9.15 Å². The highest BCUT2D eigenvalue weighted by Gasteiger charge is 2.36. The molecule has 0 radical (unpaired) electrons. The van der Waals surface area contributed by atoms with Gasteiger partial charge in [0.25, 0.3) is 5.91 Å². The third-order valence-electron chi connectivity index (χ3n) is 4.76. The van der Waals surface area contributed by atoms with Gasteiger partial charge in [-0.2, -0.15) is 23.3 Å². The Morgan fingerprint density at radius 1 is 1.19 bits per heavy atom. The molecule has 32 heavy (non-hydrogen) atoms. The molecule has 0 bridgehead atoms. The first kappa shape index (κ1) is 21.4. The lowest BCUT2D eigenvalue weighted by atomic mass is 10.1. The highest BCUT2D eigenvalue weighted by atomic mass is 19.4. The van der Waals surface area contributed by atoms with Crippen molar-refractivity contribution >= 4 is 16.9 Å². The molecule has 0 saturated heterocycles. The zero-order valence-corrected chi connectivity index (χ0v) is 17.2. The molecule has 0 aliphatic rings. The SMILES string of the molecule is Cc1ccc(-n2nc(C)c3c(C(F)(F)F)cc(OCC(=O)NCc4ccco4)nc32)cc1. The number of furan rings is 1. The number of rotatable bonds is 6. The maximum absolute atomic E-state index is 13.8. The Morgan fingerprint density at radius 3 is 2.59 bits per heavy atom. The van der Waals surface area contributed by atoms with Gasteiger partial charge >= 0.3 is 6.18 Å². The van der Waals surface area contributed by atoms with Crippen LogP contribution >= 0.6 is 0 Å². The minimum atomic E-state index is -4.66. The van der Waals surface area contributed by atoms with E-state index in [1.807, 2.05) is 19.1 Å². The van der Waals surface area contributed by atoms with Crippen LogP contribution in [0.2, 0.25) is 0 Å². The number of nitrogens with one attached hydrogen (secondary N) is 1. The molecule has 7 nitrogen and oxygen atoms in total. The number of carbonyl (C=O) groups excluding carboxylic acids is 1. The van der Waals surface area contributed by atoms with Gasteiger partial charge in [-0.3, -0.25) is 4.79 Å². The number of hydrogen-bond donors (Lipinski definition) is 1. The fourth-order valence-electron chi connectivity index (χ4n) is 3.22. The zero-order valence-electron chi connectivity index (χ0n) is 17.2. The number of benzene rings is 1. The van der Waals surface area contributed by atoms with Crippen molar-refractivity contribution in [2.24, 2.45) is 0 Å². The van der Waals surface area contributed by atoms with Gasteiger partial charge in [-0.25, -0.2) is 4.68 Å². The maximum Gasteiger partial charge on any atom is 0.417 e. The highest BCUT2D eigenvalue weighted by Crippen LogP contribution is 2.38. The summed E-state index contributed by atoms with van der Waals surface area (Å²) in [5.41, 5.74) is 0.804. The molecule has 0 unspecified atom stereocenters. The van der Waals surface area contributed by atoms with Crippen molar-refractivity contribution in [2.45, 2.75) is 26.6 Å². The van der Waals surface area contributed by atoms with Gasteiger partial charge in [0.1, 0.15) is 5.76 Å². The van der Waals surface area contributed by atoms with Crippen LogP contribution in [-0.4, -0.2) is 27.3 Å². The Balaban J connectivity index is 1.66. The van der Waals surface area contributed by atoms with E-state index < -0.39 is 24.3 Å². The van der Waals surface area contributed by atoms with Crippen molar-refractivity contribution in [2.75, 3.05) is 6.61 Å². The predicted molar refractivity (Wildman–Crippen MR) is 109 cm³/mol. The second-order valence-electron chi connectivity index (χ2n) is 7.18. The fourth-order valence-corrected chi connectivity index (χ4v) is 3.22. The average Bonchev–Trinajstić information content (AvgIpc) is 3.38. The molecule has 1 N–H and O–H groups in total. The lowest BCUT2D eigenvalue weighted by Gasteiger charge is -2.12. The molecule has 4 rings (SSSR count). The molecule has 0 spiro atoms. The van der Waals surface area contributed by atoms with Crippen LogP contribution in [0, 0.1) is 13.8 Å². The van der Waals surface area contributed by atoms with Crippen LogP contribution in [0.3, 0.4) is 0 Å². The molecular formula is C22H19F3N4O3. The zero-order chi connectivity index (χ0) is 22.9. The fraction of sp³-hybridized carbons (Fsp3) is 0.227. The molecule has 166 valence electrons. The quantitative estimate of drug-likeness (QED) is 0.478. The Morgan fingerprint density at radius 2 is 1.94 bits per heavy atom. The van der Waals surface area contributed by atoms with E-state index in [9.17, 15) is 18.0 Å². The number of nitrogens with zero attached hydrogens (tertiary/aromatic N) is 3. The van der Waals surface area contributed by atoms with Crippen LogP contribution in [0.15, 0.2) is 53.1 Å².